The maximum absolute atomic E-state index is 14.0. The summed E-state index contributed by atoms with van der Waals surface area (Å²) in [6.45, 7) is 7.23. The van der Waals surface area contributed by atoms with Crippen LogP contribution in [0.25, 0.3) is 0 Å². The third-order valence-corrected chi connectivity index (χ3v) is 10.6. The van der Waals surface area contributed by atoms with Gasteiger partial charge >= 0.3 is 0 Å². The van der Waals surface area contributed by atoms with Crippen LogP contribution in [0, 0.1) is 11.3 Å². The summed E-state index contributed by atoms with van der Waals surface area (Å²) in [6, 6.07) is 2.30. The van der Waals surface area contributed by atoms with Crippen LogP contribution >= 0.6 is 0 Å². The van der Waals surface area contributed by atoms with Crippen LogP contribution in [0.3, 0.4) is 0 Å². The molecule has 2 aromatic rings. The summed E-state index contributed by atoms with van der Waals surface area (Å²) in [7, 11) is -3.84. The van der Waals surface area contributed by atoms with E-state index in [0.717, 1.165) is 5.56 Å². The van der Waals surface area contributed by atoms with Crippen molar-refractivity contribution in [1.29, 1.82) is 5.26 Å². The largest absolute Gasteiger partial charge is 0.350 e. The highest BCUT2D eigenvalue weighted by Gasteiger charge is 2.60. The van der Waals surface area contributed by atoms with Gasteiger partial charge in [0.05, 0.1) is 11.3 Å². The molecule has 2 fully saturated rings. The number of nitrogens with zero attached hydrogens (tertiary/aromatic N) is 8. The van der Waals surface area contributed by atoms with E-state index >= 15 is 0 Å². The normalized spacial score (nSPS) is 26.8. The molecule has 1 unspecified atom stereocenters. The molecule has 2 saturated heterocycles. The van der Waals surface area contributed by atoms with Crippen molar-refractivity contribution in [2.45, 2.75) is 62.8 Å². The predicted octanol–water partition coefficient (Wildman–Crippen LogP) is 2.46. The first-order valence-corrected chi connectivity index (χ1v) is 14.5. The zero-order chi connectivity index (χ0) is 29.2. The molecule has 0 saturated carbocycles. The highest BCUT2D eigenvalue weighted by molar-refractivity contribution is 7.95. The molecule has 3 aliphatic heterocycles. The van der Waals surface area contributed by atoms with E-state index in [9.17, 15) is 31.6 Å². The van der Waals surface area contributed by atoms with E-state index in [1.807, 2.05) is 25.7 Å². The Kier molecular flexibility index (Phi) is 6.67. The average Bonchev–Trinajstić information content (AvgIpc) is 3.20. The molecule has 0 aliphatic carbocycles. The fourth-order valence-corrected chi connectivity index (χ4v) is 7.42. The van der Waals surface area contributed by atoms with Gasteiger partial charge in [-0.25, -0.2) is 31.6 Å². The van der Waals surface area contributed by atoms with Crippen LogP contribution in [0.1, 0.15) is 57.4 Å². The van der Waals surface area contributed by atoms with Crippen LogP contribution in [0.15, 0.2) is 12.4 Å². The van der Waals surface area contributed by atoms with E-state index in [-0.39, 0.29) is 36.1 Å². The molecule has 214 valence electrons. The Morgan fingerprint density at radius 3 is 2.45 bits per heavy atom. The molecular weight excluding hydrogens is 549 g/mol. The minimum absolute atomic E-state index is 0.0237. The van der Waals surface area contributed by atoms with Gasteiger partial charge in [-0.2, -0.15) is 5.26 Å². The molecule has 0 spiro atoms. The van der Waals surface area contributed by atoms with Crippen LogP contribution in [-0.4, -0.2) is 88.3 Å². The maximum Gasteiger partial charge on any atom is 0.283 e. The van der Waals surface area contributed by atoms with Crippen molar-refractivity contribution in [2.75, 3.05) is 41.9 Å². The van der Waals surface area contributed by atoms with Gasteiger partial charge in [-0.1, -0.05) is 13.8 Å². The zero-order valence-electron chi connectivity index (χ0n) is 22.5. The van der Waals surface area contributed by atoms with Crippen molar-refractivity contribution < 1.29 is 26.4 Å². The second kappa shape index (κ2) is 9.53. The molecule has 15 heteroatoms. The third kappa shape index (κ3) is 4.06. The average molecular weight is 579 g/mol. The molecular formula is C25H29F3N8O3S. The summed E-state index contributed by atoms with van der Waals surface area (Å²) in [5.41, 5.74) is -0.722. The number of piperazine rings is 1. The van der Waals surface area contributed by atoms with Gasteiger partial charge in [0.15, 0.2) is 20.4 Å². The van der Waals surface area contributed by atoms with E-state index in [4.69, 9.17) is 0 Å². The number of amides is 1. The number of carbonyl (C=O) groups excluding carboxylic acids is 1. The Labute approximate surface area is 229 Å². The van der Waals surface area contributed by atoms with Crippen LogP contribution in [0.4, 0.5) is 30.6 Å². The Balaban J connectivity index is 1.48. The Morgan fingerprint density at radius 2 is 1.88 bits per heavy atom. The van der Waals surface area contributed by atoms with Crippen molar-refractivity contribution in [2.24, 2.45) is 0 Å². The van der Waals surface area contributed by atoms with Gasteiger partial charge in [0.25, 0.3) is 6.43 Å². The fourth-order valence-electron chi connectivity index (χ4n) is 5.84. The topological polar surface area (TPSA) is 136 Å². The van der Waals surface area contributed by atoms with Crippen LogP contribution < -0.4 is 9.80 Å². The SMILES string of the molecule is C[C@@H]1CN(c2ncnc3c2C(C)(C)CN3c2cc(C#N)c(C(F)F)nn2)[C@@H](C)CN1C(=O)C1(CF)CCS1(=O)=O. The van der Waals surface area contributed by atoms with Gasteiger partial charge < -0.3 is 14.7 Å². The van der Waals surface area contributed by atoms with Gasteiger partial charge in [-0.15, -0.1) is 10.2 Å². The number of hydrogen-bond donors (Lipinski definition) is 0. The van der Waals surface area contributed by atoms with Gasteiger partial charge in [0.1, 0.15) is 36.4 Å². The third-order valence-electron chi connectivity index (χ3n) is 8.20. The monoisotopic (exact) mass is 578 g/mol. The van der Waals surface area contributed by atoms with Gasteiger partial charge in [0, 0.05) is 48.8 Å². The lowest BCUT2D eigenvalue weighted by atomic mass is 9.87. The smallest absolute Gasteiger partial charge is 0.283 e. The first kappa shape index (κ1) is 28.0. The standard InChI is InChI=1S/C25H29F3N8O3S/c1-14-10-35(23(37)25(11-26)5-6-40(25,38)39)15(2)9-34(14)21-18-22(31-13-30-21)36(12-24(18,3)4)17-7-16(8-29)19(20(27)28)33-32-17/h7,13-15,20H,5-6,9-12H2,1-4H3/t14-,15+,25?/m0/s1. The second-order valence-electron chi connectivity index (χ2n) is 11.3. The number of fused-ring (bicyclic) bond motifs is 1. The highest BCUT2D eigenvalue weighted by atomic mass is 32.2. The number of hydrogen-bond acceptors (Lipinski definition) is 10. The van der Waals surface area contributed by atoms with Crippen LogP contribution in [-0.2, 0) is 20.0 Å². The van der Waals surface area contributed by atoms with Gasteiger partial charge in [-0.05, 0) is 20.3 Å². The van der Waals surface area contributed by atoms with Gasteiger partial charge in [-0.3, -0.25) is 4.79 Å². The molecule has 3 atom stereocenters. The Hall–Kier alpha value is -3.54. The maximum atomic E-state index is 14.0. The molecule has 1 amide bonds. The summed E-state index contributed by atoms with van der Waals surface area (Å²) >= 11 is 0. The van der Waals surface area contributed by atoms with Gasteiger partial charge in [0.2, 0.25) is 5.91 Å². The zero-order valence-corrected chi connectivity index (χ0v) is 23.3. The Bertz CT molecular complexity index is 1510. The molecule has 5 heterocycles. The molecule has 40 heavy (non-hydrogen) atoms. The lowest BCUT2D eigenvalue weighted by molar-refractivity contribution is -0.138. The summed E-state index contributed by atoms with van der Waals surface area (Å²) in [4.78, 5) is 27.6. The molecule has 5 rings (SSSR count). The summed E-state index contributed by atoms with van der Waals surface area (Å²) in [6.07, 6.45) is -1.59. The number of halogens is 3. The first-order chi connectivity index (χ1) is 18.8. The summed E-state index contributed by atoms with van der Waals surface area (Å²) in [5, 5.41) is 16.9. The van der Waals surface area contributed by atoms with E-state index in [1.54, 1.807) is 17.9 Å². The van der Waals surface area contributed by atoms with Crippen molar-refractivity contribution in [1.82, 2.24) is 25.1 Å². The van der Waals surface area contributed by atoms with Crippen molar-refractivity contribution in [3.8, 4) is 6.07 Å². The number of aromatic nitrogens is 4. The number of alkyl halides is 3. The van der Waals surface area contributed by atoms with E-state index in [0.29, 0.717) is 24.7 Å². The predicted molar refractivity (Wildman–Crippen MR) is 139 cm³/mol. The second-order valence-corrected chi connectivity index (χ2v) is 13.7. The Morgan fingerprint density at radius 1 is 1.18 bits per heavy atom. The number of rotatable bonds is 5. The van der Waals surface area contributed by atoms with E-state index < -0.39 is 50.7 Å². The molecule has 0 N–H and O–H groups in total. The molecule has 11 nitrogen and oxygen atoms in total. The number of anilines is 3. The van der Waals surface area contributed by atoms with E-state index in [2.05, 4.69) is 20.2 Å². The van der Waals surface area contributed by atoms with Crippen molar-refractivity contribution in [3.63, 3.8) is 0 Å². The lowest BCUT2D eigenvalue weighted by Gasteiger charge is -2.49. The molecule has 3 aliphatic rings. The summed E-state index contributed by atoms with van der Waals surface area (Å²) in [5.74, 6) is 0.411. The number of sulfone groups is 1. The molecule has 0 aromatic carbocycles. The van der Waals surface area contributed by atoms with Crippen LogP contribution in [0.5, 0.6) is 0 Å². The highest BCUT2D eigenvalue weighted by Crippen LogP contribution is 2.47. The molecule has 2 aromatic heterocycles. The minimum Gasteiger partial charge on any atom is -0.350 e. The molecule has 0 bridgehead atoms. The number of carbonyl (C=O) groups is 1. The molecule has 0 radical (unpaired) electrons. The fraction of sp³-hybridized carbons (Fsp3) is 0.600. The van der Waals surface area contributed by atoms with Crippen molar-refractivity contribution in [3.05, 3.63) is 29.2 Å². The first-order valence-electron chi connectivity index (χ1n) is 12.8. The summed E-state index contributed by atoms with van der Waals surface area (Å²) < 4.78 is 63.3. The quantitative estimate of drug-likeness (QED) is 0.520. The minimum atomic E-state index is -3.84. The lowest BCUT2D eigenvalue weighted by Crippen LogP contribution is -2.68. The van der Waals surface area contributed by atoms with E-state index in [1.165, 1.54) is 17.3 Å². The van der Waals surface area contributed by atoms with Crippen molar-refractivity contribution >= 4 is 33.2 Å². The van der Waals surface area contributed by atoms with Crippen LogP contribution in [0.2, 0.25) is 0 Å². The number of nitriles is 1.